The molecule has 1 aromatic carbocycles. The van der Waals surface area contributed by atoms with Crippen LogP contribution in [0.4, 0.5) is 0 Å². The van der Waals surface area contributed by atoms with Gasteiger partial charge < -0.3 is 4.90 Å². The van der Waals surface area contributed by atoms with Crippen LogP contribution in [0.15, 0.2) is 33.6 Å². The van der Waals surface area contributed by atoms with E-state index in [2.05, 4.69) is 27.6 Å². The van der Waals surface area contributed by atoms with Gasteiger partial charge in [0.2, 0.25) is 15.9 Å². The van der Waals surface area contributed by atoms with Gasteiger partial charge in [0.15, 0.2) is 0 Å². The summed E-state index contributed by atoms with van der Waals surface area (Å²) in [7, 11) is -3.57. The first-order valence-electron chi connectivity index (χ1n) is 7.41. The van der Waals surface area contributed by atoms with Crippen LogP contribution in [-0.4, -0.2) is 38.9 Å². The molecule has 0 spiro atoms. The number of sulfonamides is 1. The molecule has 1 amide bonds. The van der Waals surface area contributed by atoms with E-state index in [9.17, 15) is 13.2 Å². The Morgan fingerprint density at radius 1 is 1.45 bits per heavy atom. The molecule has 1 N–H and O–H groups in total. The van der Waals surface area contributed by atoms with E-state index in [0.717, 1.165) is 25.9 Å². The first kappa shape index (κ1) is 17.4. The summed E-state index contributed by atoms with van der Waals surface area (Å²) >= 11 is 3.25. The van der Waals surface area contributed by atoms with Gasteiger partial charge in [0.1, 0.15) is 0 Å². The summed E-state index contributed by atoms with van der Waals surface area (Å²) in [6, 6.07) is 6.50. The molecule has 1 aliphatic rings. The topological polar surface area (TPSA) is 66.5 Å². The van der Waals surface area contributed by atoms with E-state index in [1.807, 2.05) is 4.90 Å². The van der Waals surface area contributed by atoms with Gasteiger partial charge in [0, 0.05) is 30.5 Å². The number of nitrogens with zero attached hydrogens (tertiary/aromatic N) is 1. The van der Waals surface area contributed by atoms with Crippen molar-refractivity contribution in [3.05, 3.63) is 28.7 Å². The third-order valence-corrected chi connectivity index (χ3v) is 5.70. The summed E-state index contributed by atoms with van der Waals surface area (Å²) in [6.07, 6.45) is 2.37. The quantitative estimate of drug-likeness (QED) is 0.841. The first-order chi connectivity index (χ1) is 10.4. The lowest BCUT2D eigenvalue weighted by Crippen LogP contribution is -2.40. The fourth-order valence-corrected chi connectivity index (χ4v) is 4.21. The Labute approximate surface area is 140 Å². The van der Waals surface area contributed by atoms with E-state index >= 15 is 0 Å². The molecule has 1 unspecified atom stereocenters. The van der Waals surface area contributed by atoms with Crippen molar-refractivity contribution in [3.8, 4) is 0 Å². The Morgan fingerprint density at radius 3 is 2.91 bits per heavy atom. The molecule has 7 heteroatoms. The molecule has 1 heterocycles. The van der Waals surface area contributed by atoms with Crippen molar-refractivity contribution in [2.24, 2.45) is 5.92 Å². The molecule has 1 saturated heterocycles. The van der Waals surface area contributed by atoms with E-state index < -0.39 is 10.0 Å². The lowest BCUT2D eigenvalue weighted by atomic mass is 10.0. The van der Waals surface area contributed by atoms with Crippen molar-refractivity contribution in [1.82, 2.24) is 9.62 Å². The normalized spacial score (nSPS) is 19.2. The number of rotatable bonds is 5. The highest BCUT2D eigenvalue weighted by atomic mass is 79.9. The van der Waals surface area contributed by atoms with Crippen LogP contribution in [0, 0.1) is 5.92 Å². The van der Waals surface area contributed by atoms with Crippen molar-refractivity contribution in [2.45, 2.75) is 31.1 Å². The van der Waals surface area contributed by atoms with Crippen LogP contribution < -0.4 is 4.72 Å². The average molecular weight is 389 g/mol. The predicted molar refractivity (Wildman–Crippen MR) is 88.9 cm³/mol. The SMILES string of the molecule is CC1CCCN(C(=O)CCNS(=O)(=O)c2cccc(Br)c2)C1. The van der Waals surface area contributed by atoms with Crippen molar-refractivity contribution in [2.75, 3.05) is 19.6 Å². The highest BCUT2D eigenvalue weighted by Gasteiger charge is 2.21. The summed E-state index contributed by atoms with van der Waals surface area (Å²) in [6.45, 7) is 3.81. The zero-order valence-electron chi connectivity index (χ0n) is 12.6. The fraction of sp³-hybridized carbons (Fsp3) is 0.533. The molecule has 0 aromatic heterocycles. The lowest BCUT2D eigenvalue weighted by Gasteiger charge is -2.31. The highest BCUT2D eigenvalue weighted by Crippen LogP contribution is 2.17. The standard InChI is InChI=1S/C15H21BrN2O3S/c1-12-4-3-9-18(11-12)15(19)7-8-17-22(20,21)14-6-2-5-13(16)10-14/h2,5-6,10,12,17H,3-4,7-9,11H2,1H3. The lowest BCUT2D eigenvalue weighted by molar-refractivity contribution is -0.132. The van der Waals surface area contributed by atoms with Gasteiger partial charge in [0.25, 0.3) is 0 Å². The number of likely N-dealkylation sites (tertiary alicyclic amines) is 1. The van der Waals surface area contributed by atoms with E-state index in [4.69, 9.17) is 0 Å². The Bertz CT molecular complexity index is 633. The fourth-order valence-electron chi connectivity index (χ4n) is 2.58. The van der Waals surface area contributed by atoms with Gasteiger partial charge in [-0.15, -0.1) is 0 Å². The van der Waals surface area contributed by atoms with Gasteiger partial charge in [-0.05, 0) is 37.0 Å². The maximum Gasteiger partial charge on any atom is 0.240 e. The minimum Gasteiger partial charge on any atom is -0.342 e. The number of hydrogen-bond donors (Lipinski definition) is 1. The van der Waals surface area contributed by atoms with Crippen LogP contribution in [0.2, 0.25) is 0 Å². The number of piperidine rings is 1. The second-order valence-electron chi connectivity index (χ2n) is 5.69. The summed E-state index contributed by atoms with van der Waals surface area (Å²) in [5.41, 5.74) is 0. The molecule has 0 radical (unpaired) electrons. The average Bonchev–Trinajstić information content (AvgIpc) is 2.47. The number of carbonyl (C=O) groups is 1. The summed E-state index contributed by atoms with van der Waals surface area (Å²) < 4.78 is 27.5. The van der Waals surface area contributed by atoms with Crippen LogP contribution >= 0.6 is 15.9 Å². The zero-order valence-corrected chi connectivity index (χ0v) is 15.0. The van der Waals surface area contributed by atoms with Crippen molar-refractivity contribution in [3.63, 3.8) is 0 Å². The van der Waals surface area contributed by atoms with Crippen LogP contribution in [0.25, 0.3) is 0 Å². The first-order valence-corrected chi connectivity index (χ1v) is 9.69. The third-order valence-electron chi connectivity index (χ3n) is 3.75. The molecule has 22 heavy (non-hydrogen) atoms. The molecule has 0 saturated carbocycles. The molecular formula is C15H21BrN2O3S. The summed E-state index contributed by atoms with van der Waals surface area (Å²) in [5.74, 6) is 0.541. The summed E-state index contributed by atoms with van der Waals surface area (Å²) in [4.78, 5) is 14.1. The van der Waals surface area contributed by atoms with Gasteiger partial charge in [0.05, 0.1) is 4.90 Å². The second kappa shape index (κ2) is 7.57. The maximum absolute atomic E-state index is 12.1. The number of carbonyl (C=O) groups excluding carboxylic acids is 1. The number of benzene rings is 1. The number of nitrogens with one attached hydrogen (secondary N) is 1. The van der Waals surface area contributed by atoms with Gasteiger partial charge in [-0.2, -0.15) is 0 Å². The Balaban J connectivity index is 1.86. The molecule has 0 bridgehead atoms. The molecule has 1 aliphatic heterocycles. The molecule has 1 atom stereocenters. The molecule has 1 aromatic rings. The minimum atomic E-state index is -3.57. The second-order valence-corrected chi connectivity index (χ2v) is 8.37. The third kappa shape index (κ3) is 4.79. The largest absolute Gasteiger partial charge is 0.342 e. The van der Waals surface area contributed by atoms with E-state index in [1.165, 1.54) is 12.1 Å². The number of amides is 1. The zero-order chi connectivity index (χ0) is 16.2. The maximum atomic E-state index is 12.1. The Kier molecular flexibility index (Phi) is 6.00. The van der Waals surface area contributed by atoms with Crippen LogP contribution in [0.5, 0.6) is 0 Å². The van der Waals surface area contributed by atoms with Crippen molar-refractivity contribution in [1.29, 1.82) is 0 Å². The van der Waals surface area contributed by atoms with Crippen molar-refractivity contribution < 1.29 is 13.2 Å². The van der Waals surface area contributed by atoms with Gasteiger partial charge >= 0.3 is 0 Å². The predicted octanol–water partition coefficient (Wildman–Crippen LogP) is 2.38. The molecule has 0 aliphatic carbocycles. The Morgan fingerprint density at radius 2 is 2.23 bits per heavy atom. The minimum absolute atomic E-state index is 0.0171. The molecule has 1 fully saturated rings. The van der Waals surface area contributed by atoms with Crippen molar-refractivity contribution >= 4 is 31.9 Å². The number of halogens is 1. The van der Waals surface area contributed by atoms with Gasteiger partial charge in [-0.25, -0.2) is 13.1 Å². The highest BCUT2D eigenvalue weighted by molar-refractivity contribution is 9.10. The Hall–Kier alpha value is -0.920. The van der Waals surface area contributed by atoms with Gasteiger partial charge in [-0.3, -0.25) is 4.79 Å². The van der Waals surface area contributed by atoms with Crippen LogP contribution in [0.3, 0.4) is 0 Å². The van der Waals surface area contributed by atoms with E-state index in [1.54, 1.807) is 12.1 Å². The molecule has 2 rings (SSSR count). The van der Waals surface area contributed by atoms with E-state index in [-0.39, 0.29) is 23.8 Å². The van der Waals surface area contributed by atoms with Gasteiger partial charge in [-0.1, -0.05) is 28.9 Å². The van der Waals surface area contributed by atoms with Crippen LogP contribution in [-0.2, 0) is 14.8 Å². The summed E-state index contributed by atoms with van der Waals surface area (Å²) in [5, 5.41) is 0. The molecular weight excluding hydrogens is 368 g/mol. The molecule has 5 nitrogen and oxygen atoms in total. The smallest absolute Gasteiger partial charge is 0.240 e. The van der Waals surface area contributed by atoms with Crippen LogP contribution in [0.1, 0.15) is 26.2 Å². The molecule has 122 valence electrons. The number of hydrogen-bond acceptors (Lipinski definition) is 3. The van der Waals surface area contributed by atoms with E-state index in [0.29, 0.717) is 10.4 Å². The monoisotopic (exact) mass is 388 g/mol.